The molecule has 0 radical (unpaired) electrons. The van der Waals surface area contributed by atoms with E-state index in [9.17, 15) is 23.4 Å². The van der Waals surface area contributed by atoms with Gasteiger partial charge in [0.05, 0.1) is 11.6 Å². The van der Waals surface area contributed by atoms with Crippen LogP contribution in [0.3, 0.4) is 0 Å². The topological polar surface area (TPSA) is 169 Å². The van der Waals surface area contributed by atoms with Crippen molar-refractivity contribution in [2.75, 3.05) is 12.4 Å². The molecular formula is C26H28N6O6S. The second-order valence-electron chi connectivity index (χ2n) is 9.23. The zero-order valence-electron chi connectivity index (χ0n) is 21.0. The van der Waals surface area contributed by atoms with Crippen LogP contribution >= 0.6 is 0 Å². The highest BCUT2D eigenvalue weighted by atomic mass is 32.2. The van der Waals surface area contributed by atoms with E-state index >= 15 is 0 Å². The second kappa shape index (κ2) is 11.2. The number of benzene rings is 2. The molecule has 0 aliphatic heterocycles. The summed E-state index contributed by atoms with van der Waals surface area (Å²) in [6, 6.07) is 15.1. The molecule has 13 heteroatoms. The van der Waals surface area contributed by atoms with E-state index in [-0.39, 0.29) is 23.5 Å². The number of hydrogen-bond acceptors (Lipinski definition) is 10. The van der Waals surface area contributed by atoms with E-state index in [1.54, 1.807) is 16.9 Å². The van der Waals surface area contributed by atoms with Crippen LogP contribution in [-0.4, -0.2) is 75.6 Å². The minimum absolute atomic E-state index is 0.0519. The van der Waals surface area contributed by atoms with Gasteiger partial charge in [0.1, 0.15) is 36.2 Å². The lowest BCUT2D eigenvalue weighted by atomic mass is 10.0. The lowest BCUT2D eigenvalue weighted by Crippen LogP contribution is -2.38. The Morgan fingerprint density at radius 1 is 1.13 bits per heavy atom. The molecule has 0 bridgehead atoms. The van der Waals surface area contributed by atoms with E-state index in [4.69, 9.17) is 4.18 Å². The molecule has 0 spiro atoms. The Kier molecular flexibility index (Phi) is 7.68. The van der Waals surface area contributed by atoms with Gasteiger partial charge in [0.2, 0.25) is 5.78 Å². The summed E-state index contributed by atoms with van der Waals surface area (Å²) in [4.78, 5) is 21.4. The van der Waals surface area contributed by atoms with Gasteiger partial charge < -0.3 is 15.5 Å². The lowest BCUT2D eigenvalue weighted by molar-refractivity contribution is -0.00882. The van der Waals surface area contributed by atoms with Gasteiger partial charge in [0.15, 0.2) is 0 Å². The fourth-order valence-electron chi connectivity index (χ4n) is 4.72. The molecule has 5 rings (SSSR count). The van der Waals surface area contributed by atoms with Crippen LogP contribution in [0, 0.1) is 0 Å². The van der Waals surface area contributed by atoms with Crippen molar-refractivity contribution < 1.29 is 27.6 Å². The highest BCUT2D eigenvalue weighted by Crippen LogP contribution is 2.28. The fourth-order valence-corrected chi connectivity index (χ4v) is 5.33. The van der Waals surface area contributed by atoms with Crippen molar-refractivity contribution in [1.29, 1.82) is 0 Å². The van der Waals surface area contributed by atoms with Crippen molar-refractivity contribution in [1.82, 2.24) is 24.5 Å². The predicted octanol–water partition coefficient (Wildman–Crippen LogP) is 1.06. The SMILES string of the molecule is CNS(=O)(=O)O[C@@H]1C[C@@H](Nc2ncncc2C(=O)c2ccn(CCc3cccc4ccccc34)n2)[C@H](O)[C@H]1O. The number of fused-ring (bicyclic) bond motifs is 1. The number of aromatic nitrogens is 4. The highest BCUT2D eigenvalue weighted by Gasteiger charge is 2.44. The quantitative estimate of drug-likeness (QED) is 0.209. The summed E-state index contributed by atoms with van der Waals surface area (Å²) in [5.74, 6) is -0.311. The average Bonchev–Trinajstić information content (AvgIpc) is 3.52. The number of carbonyl (C=O) groups is 1. The van der Waals surface area contributed by atoms with Crippen molar-refractivity contribution in [2.24, 2.45) is 0 Å². The number of carbonyl (C=O) groups excluding carboxylic acids is 1. The number of nitrogens with zero attached hydrogens (tertiary/aromatic N) is 4. The van der Waals surface area contributed by atoms with Gasteiger partial charge in [-0.25, -0.2) is 9.97 Å². The molecule has 204 valence electrons. The number of aliphatic hydroxyl groups is 2. The first kappa shape index (κ1) is 26.8. The predicted molar refractivity (Wildman–Crippen MR) is 142 cm³/mol. The summed E-state index contributed by atoms with van der Waals surface area (Å²) in [5.41, 5.74) is 1.49. The van der Waals surface area contributed by atoms with Crippen LogP contribution in [-0.2, 0) is 27.5 Å². The van der Waals surface area contributed by atoms with Gasteiger partial charge in [-0.15, -0.1) is 0 Å². The molecule has 0 unspecified atom stereocenters. The first-order valence-electron chi connectivity index (χ1n) is 12.3. The lowest BCUT2D eigenvalue weighted by Gasteiger charge is -2.19. The molecular weight excluding hydrogens is 524 g/mol. The molecule has 4 aromatic rings. The van der Waals surface area contributed by atoms with E-state index in [0.717, 1.165) is 11.8 Å². The molecule has 0 saturated heterocycles. The molecule has 1 aliphatic rings. The first-order valence-corrected chi connectivity index (χ1v) is 13.8. The molecule has 1 fully saturated rings. The number of anilines is 1. The maximum absolute atomic E-state index is 13.3. The van der Waals surface area contributed by atoms with Crippen LogP contribution in [0.4, 0.5) is 5.82 Å². The molecule has 4 atom stereocenters. The van der Waals surface area contributed by atoms with E-state index in [2.05, 4.69) is 44.6 Å². The van der Waals surface area contributed by atoms with Crippen molar-refractivity contribution in [3.63, 3.8) is 0 Å². The minimum atomic E-state index is -4.08. The largest absolute Gasteiger partial charge is 0.388 e. The van der Waals surface area contributed by atoms with Crippen LogP contribution in [0.2, 0.25) is 0 Å². The number of ketones is 1. The Balaban J connectivity index is 1.28. The van der Waals surface area contributed by atoms with E-state index in [1.165, 1.54) is 30.5 Å². The molecule has 1 aliphatic carbocycles. The fraction of sp³-hybridized carbons (Fsp3) is 0.308. The standard InChI is InChI=1S/C26H28N6O6S/c1-27-39(36,37)38-22-13-21(24(34)25(22)35)30-26-19(14-28-15-29-26)23(33)20-10-12-32(31-20)11-9-17-7-4-6-16-5-2-3-8-18(16)17/h2-8,10,12,14-15,21-22,24-25,27,34-35H,9,11,13H2,1H3,(H,28,29,30)/t21-,22-,24+,25+/m1/s1. The van der Waals surface area contributed by atoms with E-state index in [0.29, 0.717) is 6.54 Å². The molecule has 39 heavy (non-hydrogen) atoms. The van der Waals surface area contributed by atoms with Crippen molar-refractivity contribution >= 4 is 32.7 Å². The Morgan fingerprint density at radius 3 is 2.74 bits per heavy atom. The average molecular weight is 553 g/mol. The molecule has 12 nitrogen and oxygen atoms in total. The maximum atomic E-state index is 13.3. The zero-order chi connectivity index (χ0) is 27.6. The zero-order valence-corrected chi connectivity index (χ0v) is 21.8. The van der Waals surface area contributed by atoms with Gasteiger partial charge in [0.25, 0.3) is 0 Å². The number of nitrogens with one attached hydrogen (secondary N) is 2. The summed E-state index contributed by atoms with van der Waals surface area (Å²) in [7, 11) is -2.91. The number of aliphatic hydroxyl groups excluding tert-OH is 2. The van der Waals surface area contributed by atoms with Crippen molar-refractivity contribution in [3.05, 3.63) is 84.1 Å². The van der Waals surface area contributed by atoms with Crippen LogP contribution < -0.4 is 10.0 Å². The Hall–Kier alpha value is -3.75. The normalized spacial score (nSPS) is 21.3. The number of rotatable bonds is 10. The Morgan fingerprint density at radius 2 is 1.92 bits per heavy atom. The van der Waals surface area contributed by atoms with Gasteiger partial charge >= 0.3 is 10.3 Å². The number of hydrogen-bond donors (Lipinski definition) is 4. The monoisotopic (exact) mass is 552 g/mol. The molecule has 0 amide bonds. The van der Waals surface area contributed by atoms with Crippen LogP contribution in [0.1, 0.15) is 28.0 Å². The van der Waals surface area contributed by atoms with Crippen molar-refractivity contribution in [2.45, 2.75) is 43.7 Å². The van der Waals surface area contributed by atoms with E-state index in [1.807, 2.05) is 22.9 Å². The van der Waals surface area contributed by atoms with Gasteiger partial charge in [-0.1, -0.05) is 42.5 Å². The molecule has 2 heterocycles. The Bertz CT molecular complexity index is 1590. The Labute approximate surface area is 224 Å². The van der Waals surface area contributed by atoms with Gasteiger partial charge in [-0.3, -0.25) is 13.7 Å². The van der Waals surface area contributed by atoms with Gasteiger partial charge in [-0.05, 0) is 28.8 Å². The molecule has 2 aromatic heterocycles. The summed E-state index contributed by atoms with van der Waals surface area (Å²) < 4.78 is 32.1. The highest BCUT2D eigenvalue weighted by molar-refractivity contribution is 7.84. The molecule has 4 N–H and O–H groups in total. The molecule has 2 aromatic carbocycles. The van der Waals surface area contributed by atoms with Crippen LogP contribution in [0.25, 0.3) is 10.8 Å². The van der Waals surface area contributed by atoms with Gasteiger partial charge in [-0.2, -0.15) is 18.2 Å². The van der Waals surface area contributed by atoms with Gasteiger partial charge in [0, 0.05) is 32.4 Å². The van der Waals surface area contributed by atoms with Crippen LogP contribution in [0.5, 0.6) is 0 Å². The maximum Gasteiger partial charge on any atom is 0.335 e. The minimum Gasteiger partial charge on any atom is -0.388 e. The summed E-state index contributed by atoms with van der Waals surface area (Å²) in [6.45, 7) is 0.570. The molecule has 1 saturated carbocycles. The first-order chi connectivity index (χ1) is 18.8. The number of aryl methyl sites for hydroxylation is 2. The second-order valence-corrected chi connectivity index (χ2v) is 10.7. The van der Waals surface area contributed by atoms with Crippen molar-refractivity contribution in [3.8, 4) is 0 Å². The van der Waals surface area contributed by atoms with E-state index < -0.39 is 40.4 Å². The summed E-state index contributed by atoms with van der Waals surface area (Å²) in [5, 5.41) is 30.5. The third kappa shape index (κ3) is 5.82. The summed E-state index contributed by atoms with van der Waals surface area (Å²) >= 11 is 0. The smallest absolute Gasteiger partial charge is 0.335 e. The third-order valence-corrected chi connectivity index (χ3v) is 7.77. The summed E-state index contributed by atoms with van der Waals surface area (Å²) in [6.07, 6.45) is 0.959. The third-order valence-electron chi connectivity index (χ3n) is 6.77. The van der Waals surface area contributed by atoms with Crippen LogP contribution in [0.15, 0.2) is 67.3 Å².